The van der Waals surface area contributed by atoms with Crippen LogP contribution < -0.4 is 0 Å². The van der Waals surface area contributed by atoms with E-state index < -0.39 is 0 Å². The monoisotopic (exact) mass is 272 g/mol. The van der Waals surface area contributed by atoms with Gasteiger partial charge in [-0.3, -0.25) is 9.48 Å². The number of carbonyl (C=O) groups is 1. The lowest BCUT2D eigenvalue weighted by Crippen LogP contribution is -2.30. The van der Waals surface area contributed by atoms with Gasteiger partial charge in [-0.05, 0) is 19.8 Å². The number of Topliss-reactive ketones (excluding diaryl/α,β-unsaturated/α-hetero) is 1. The van der Waals surface area contributed by atoms with Crippen LogP contribution in [0.1, 0.15) is 32.2 Å². The highest BCUT2D eigenvalue weighted by atomic mass is 35.5. The number of ether oxygens (including phenoxy) is 1. The Morgan fingerprint density at radius 3 is 2.56 bits per heavy atom. The Labute approximate surface area is 113 Å². The average molecular weight is 273 g/mol. The van der Waals surface area contributed by atoms with Gasteiger partial charge in [-0.1, -0.05) is 25.4 Å². The molecule has 0 bridgehead atoms. The predicted octanol–water partition coefficient (Wildman–Crippen LogP) is 2.65. The number of nitrogens with zero attached hydrogens (tertiary/aromatic N) is 2. The number of aromatic nitrogens is 2. The number of rotatable bonds is 6. The van der Waals surface area contributed by atoms with Gasteiger partial charge in [0.05, 0.1) is 22.8 Å². The summed E-state index contributed by atoms with van der Waals surface area (Å²) in [5.41, 5.74) is 1.55. The first kappa shape index (κ1) is 15.2. The minimum absolute atomic E-state index is 0.0454. The molecule has 1 heterocycles. The molecule has 102 valence electrons. The maximum atomic E-state index is 12.2. The Morgan fingerprint density at radius 1 is 1.50 bits per heavy atom. The Hall–Kier alpha value is -0.870. The summed E-state index contributed by atoms with van der Waals surface area (Å²) in [7, 11) is 1.56. The molecule has 0 aliphatic carbocycles. The second kappa shape index (κ2) is 6.34. The standard InChI is InChI=1S/C13H21ClN2O2/c1-6-16-10(12(14)9(4)15-16)7-11(17)13(18-5)8(2)3/h8,13H,6-7H2,1-5H3. The fraction of sp³-hybridized carbons (Fsp3) is 0.692. The second-order valence-electron chi connectivity index (χ2n) is 4.71. The Morgan fingerprint density at radius 2 is 2.11 bits per heavy atom. The van der Waals surface area contributed by atoms with E-state index in [-0.39, 0.29) is 24.2 Å². The summed E-state index contributed by atoms with van der Waals surface area (Å²) in [5.74, 6) is 0.198. The Balaban J connectivity index is 2.94. The van der Waals surface area contributed by atoms with Crippen molar-refractivity contribution in [1.82, 2.24) is 9.78 Å². The number of methoxy groups -OCH3 is 1. The quantitative estimate of drug-likeness (QED) is 0.800. The van der Waals surface area contributed by atoms with Gasteiger partial charge < -0.3 is 4.74 Å². The van der Waals surface area contributed by atoms with Crippen molar-refractivity contribution in [2.24, 2.45) is 5.92 Å². The zero-order valence-corrected chi connectivity index (χ0v) is 12.4. The smallest absolute Gasteiger partial charge is 0.167 e. The van der Waals surface area contributed by atoms with Crippen LogP contribution in [0.15, 0.2) is 0 Å². The highest BCUT2D eigenvalue weighted by Crippen LogP contribution is 2.22. The van der Waals surface area contributed by atoms with Crippen LogP contribution in [0.4, 0.5) is 0 Å². The van der Waals surface area contributed by atoms with Crippen molar-refractivity contribution in [1.29, 1.82) is 0 Å². The normalized spacial score (nSPS) is 13.1. The SMILES string of the molecule is CCn1nc(C)c(Cl)c1CC(=O)C(OC)C(C)C. The summed E-state index contributed by atoms with van der Waals surface area (Å²) in [6.07, 6.45) is -0.119. The molecule has 0 saturated heterocycles. The molecule has 0 aliphatic heterocycles. The molecule has 4 nitrogen and oxygen atoms in total. The third kappa shape index (κ3) is 3.12. The predicted molar refractivity (Wildman–Crippen MR) is 72.0 cm³/mol. The summed E-state index contributed by atoms with van der Waals surface area (Å²) in [4.78, 5) is 12.2. The van der Waals surface area contributed by atoms with E-state index in [9.17, 15) is 4.79 Å². The number of hydrogen-bond acceptors (Lipinski definition) is 3. The highest BCUT2D eigenvalue weighted by molar-refractivity contribution is 6.32. The topological polar surface area (TPSA) is 44.1 Å². The molecule has 1 unspecified atom stereocenters. The van der Waals surface area contributed by atoms with Gasteiger partial charge in [0.15, 0.2) is 5.78 Å². The Bertz CT molecular complexity index is 427. The molecule has 0 saturated carbocycles. The van der Waals surface area contributed by atoms with Crippen LogP contribution in [0.5, 0.6) is 0 Å². The first-order valence-corrected chi connectivity index (χ1v) is 6.57. The molecule has 0 amide bonds. The lowest BCUT2D eigenvalue weighted by atomic mass is 10.00. The number of aryl methyl sites for hydroxylation is 2. The van der Waals surface area contributed by atoms with Crippen LogP contribution >= 0.6 is 11.6 Å². The van der Waals surface area contributed by atoms with Gasteiger partial charge in [0.25, 0.3) is 0 Å². The van der Waals surface area contributed by atoms with Gasteiger partial charge in [-0.25, -0.2) is 0 Å². The van der Waals surface area contributed by atoms with Gasteiger partial charge in [0.1, 0.15) is 6.10 Å². The average Bonchev–Trinajstić information content (AvgIpc) is 2.57. The van der Waals surface area contributed by atoms with E-state index in [1.54, 1.807) is 11.8 Å². The van der Waals surface area contributed by atoms with Crippen molar-refractivity contribution in [3.8, 4) is 0 Å². The van der Waals surface area contributed by atoms with Crippen molar-refractivity contribution in [3.63, 3.8) is 0 Å². The van der Waals surface area contributed by atoms with Crippen molar-refractivity contribution in [2.45, 2.75) is 46.8 Å². The van der Waals surface area contributed by atoms with E-state index in [1.165, 1.54) is 0 Å². The maximum absolute atomic E-state index is 12.2. The van der Waals surface area contributed by atoms with Gasteiger partial charge in [-0.15, -0.1) is 0 Å². The Kier molecular flexibility index (Phi) is 5.35. The van der Waals surface area contributed by atoms with Crippen LogP contribution in [0.2, 0.25) is 5.02 Å². The zero-order valence-electron chi connectivity index (χ0n) is 11.7. The summed E-state index contributed by atoms with van der Waals surface area (Å²) >= 11 is 6.19. The number of ketones is 1. The molecule has 0 radical (unpaired) electrons. The first-order valence-electron chi connectivity index (χ1n) is 6.19. The van der Waals surface area contributed by atoms with Crippen LogP contribution in [-0.4, -0.2) is 28.8 Å². The maximum Gasteiger partial charge on any atom is 0.167 e. The molecule has 18 heavy (non-hydrogen) atoms. The number of carbonyl (C=O) groups excluding carboxylic acids is 1. The van der Waals surface area contributed by atoms with E-state index in [1.807, 2.05) is 27.7 Å². The first-order chi connectivity index (χ1) is 8.42. The van der Waals surface area contributed by atoms with Gasteiger partial charge in [0.2, 0.25) is 0 Å². The largest absolute Gasteiger partial charge is 0.373 e. The van der Waals surface area contributed by atoms with E-state index in [4.69, 9.17) is 16.3 Å². The summed E-state index contributed by atoms with van der Waals surface area (Å²) in [6.45, 7) is 8.47. The van der Waals surface area contributed by atoms with Crippen LogP contribution in [0, 0.1) is 12.8 Å². The van der Waals surface area contributed by atoms with Gasteiger partial charge >= 0.3 is 0 Å². The molecule has 1 aromatic heterocycles. The molecular formula is C13H21ClN2O2. The van der Waals surface area contributed by atoms with E-state index in [0.717, 1.165) is 11.4 Å². The van der Waals surface area contributed by atoms with Crippen molar-refractivity contribution >= 4 is 17.4 Å². The summed E-state index contributed by atoms with van der Waals surface area (Å²) < 4.78 is 7.02. The van der Waals surface area contributed by atoms with E-state index in [2.05, 4.69) is 5.10 Å². The molecule has 1 atom stereocenters. The third-order valence-electron chi connectivity index (χ3n) is 2.97. The molecule has 0 spiro atoms. The van der Waals surface area contributed by atoms with E-state index >= 15 is 0 Å². The fourth-order valence-electron chi connectivity index (χ4n) is 2.08. The van der Waals surface area contributed by atoms with Crippen LogP contribution in [0.3, 0.4) is 0 Å². The molecule has 0 N–H and O–H groups in total. The lowest BCUT2D eigenvalue weighted by Gasteiger charge is -2.18. The molecule has 1 aromatic rings. The molecule has 1 rings (SSSR count). The van der Waals surface area contributed by atoms with Crippen LogP contribution in [0.25, 0.3) is 0 Å². The van der Waals surface area contributed by atoms with Gasteiger partial charge in [0, 0.05) is 13.7 Å². The third-order valence-corrected chi connectivity index (χ3v) is 3.46. The lowest BCUT2D eigenvalue weighted by molar-refractivity contribution is -0.130. The second-order valence-corrected chi connectivity index (χ2v) is 5.08. The van der Waals surface area contributed by atoms with Crippen LogP contribution in [-0.2, 0) is 22.5 Å². The zero-order chi connectivity index (χ0) is 13.9. The molecular weight excluding hydrogens is 252 g/mol. The van der Waals surface area contributed by atoms with Crippen molar-refractivity contribution in [3.05, 3.63) is 16.4 Å². The summed E-state index contributed by atoms with van der Waals surface area (Å²) in [5, 5.41) is 4.89. The van der Waals surface area contributed by atoms with Gasteiger partial charge in [-0.2, -0.15) is 5.10 Å². The fourth-order valence-corrected chi connectivity index (χ4v) is 2.28. The highest BCUT2D eigenvalue weighted by Gasteiger charge is 2.24. The van der Waals surface area contributed by atoms with Crippen molar-refractivity contribution < 1.29 is 9.53 Å². The van der Waals surface area contributed by atoms with E-state index in [0.29, 0.717) is 11.6 Å². The minimum atomic E-state index is -0.387. The molecule has 0 aromatic carbocycles. The molecule has 0 fully saturated rings. The molecule has 0 aliphatic rings. The number of hydrogen-bond donors (Lipinski definition) is 0. The number of halogens is 1. The summed E-state index contributed by atoms with van der Waals surface area (Å²) in [6, 6.07) is 0. The minimum Gasteiger partial charge on any atom is -0.373 e. The van der Waals surface area contributed by atoms with Crippen molar-refractivity contribution in [2.75, 3.05) is 7.11 Å². The molecule has 5 heteroatoms.